The molecule has 90 valence electrons. The van der Waals surface area contributed by atoms with Crippen molar-refractivity contribution in [3.05, 3.63) is 54.1 Å². The second-order valence-corrected chi connectivity index (χ2v) is 4.13. The summed E-state index contributed by atoms with van der Waals surface area (Å²) in [5.41, 5.74) is 1.41. The molecule has 5 nitrogen and oxygen atoms in total. The third-order valence-electron chi connectivity index (χ3n) is 3.02. The van der Waals surface area contributed by atoms with Gasteiger partial charge in [0.15, 0.2) is 0 Å². The molecule has 1 unspecified atom stereocenters. The van der Waals surface area contributed by atoms with Gasteiger partial charge in [0.05, 0.1) is 11.9 Å². The van der Waals surface area contributed by atoms with E-state index in [9.17, 15) is 5.11 Å². The Morgan fingerprint density at radius 1 is 1.17 bits per heavy atom. The zero-order valence-corrected chi connectivity index (χ0v) is 9.85. The first-order valence-electron chi connectivity index (χ1n) is 5.62. The van der Waals surface area contributed by atoms with Gasteiger partial charge in [-0.25, -0.2) is 4.68 Å². The van der Waals surface area contributed by atoms with Gasteiger partial charge in [0, 0.05) is 30.4 Å². The highest BCUT2D eigenvalue weighted by molar-refractivity contribution is 5.85. The first kappa shape index (κ1) is 10.9. The molecule has 1 atom stereocenters. The molecule has 18 heavy (non-hydrogen) atoms. The van der Waals surface area contributed by atoms with E-state index in [0.29, 0.717) is 5.69 Å². The van der Waals surface area contributed by atoms with Crippen LogP contribution in [0.15, 0.2) is 42.9 Å². The van der Waals surface area contributed by atoms with E-state index in [1.807, 2.05) is 24.3 Å². The van der Waals surface area contributed by atoms with E-state index in [0.717, 1.165) is 16.3 Å². The van der Waals surface area contributed by atoms with Gasteiger partial charge in [0.1, 0.15) is 6.10 Å². The van der Waals surface area contributed by atoms with Crippen molar-refractivity contribution in [2.24, 2.45) is 7.05 Å². The summed E-state index contributed by atoms with van der Waals surface area (Å²) in [6.07, 6.45) is 4.25. The Kier molecular flexibility index (Phi) is 2.53. The average molecular weight is 240 g/mol. The van der Waals surface area contributed by atoms with Gasteiger partial charge in [0.2, 0.25) is 0 Å². The maximum atomic E-state index is 10.4. The molecule has 0 radical (unpaired) electrons. The molecule has 2 heterocycles. The van der Waals surface area contributed by atoms with Gasteiger partial charge in [0.25, 0.3) is 0 Å². The largest absolute Gasteiger partial charge is 0.382 e. The first-order chi connectivity index (χ1) is 8.77. The van der Waals surface area contributed by atoms with Crippen molar-refractivity contribution in [2.75, 3.05) is 0 Å². The first-order valence-corrected chi connectivity index (χ1v) is 5.62. The number of hydrogen-bond acceptors (Lipinski definition) is 4. The molecule has 0 spiro atoms. The average Bonchev–Trinajstić information content (AvgIpc) is 2.83. The molecule has 0 aliphatic rings. The molecule has 0 aliphatic heterocycles. The van der Waals surface area contributed by atoms with Crippen LogP contribution in [0.25, 0.3) is 10.8 Å². The molecule has 1 aromatic carbocycles. The summed E-state index contributed by atoms with van der Waals surface area (Å²) in [6.45, 7) is 0. The molecule has 0 fully saturated rings. The molecule has 2 aromatic heterocycles. The summed E-state index contributed by atoms with van der Waals surface area (Å²) >= 11 is 0. The minimum absolute atomic E-state index is 0.646. The highest BCUT2D eigenvalue weighted by Gasteiger charge is 2.17. The Morgan fingerprint density at radius 3 is 2.78 bits per heavy atom. The van der Waals surface area contributed by atoms with Crippen LogP contribution in [-0.2, 0) is 7.05 Å². The van der Waals surface area contributed by atoms with Crippen molar-refractivity contribution in [3.63, 3.8) is 0 Å². The van der Waals surface area contributed by atoms with Crippen molar-refractivity contribution >= 4 is 10.8 Å². The molecule has 0 aliphatic carbocycles. The smallest absolute Gasteiger partial charge is 0.124 e. The van der Waals surface area contributed by atoms with Crippen LogP contribution in [0.3, 0.4) is 0 Å². The minimum Gasteiger partial charge on any atom is -0.382 e. The van der Waals surface area contributed by atoms with Crippen LogP contribution in [0, 0.1) is 0 Å². The van der Waals surface area contributed by atoms with Gasteiger partial charge >= 0.3 is 0 Å². The van der Waals surface area contributed by atoms with Gasteiger partial charge in [-0.15, -0.1) is 5.10 Å². The van der Waals surface area contributed by atoms with Crippen molar-refractivity contribution < 1.29 is 5.11 Å². The Labute approximate surface area is 104 Å². The van der Waals surface area contributed by atoms with Gasteiger partial charge in [-0.2, -0.15) is 0 Å². The Hall–Kier alpha value is -2.27. The number of nitrogens with zero attached hydrogens (tertiary/aromatic N) is 4. The standard InChI is InChI=1S/C13H12N4O/c1-17-12(8-15-16-17)13(18)11-7-14-6-9-4-2-3-5-10(9)11/h2-8,13,18H,1H3. The molecule has 5 heteroatoms. The zero-order valence-electron chi connectivity index (χ0n) is 9.85. The Balaban J connectivity index is 2.18. The Morgan fingerprint density at radius 2 is 2.00 bits per heavy atom. The molecular weight excluding hydrogens is 228 g/mol. The van der Waals surface area contributed by atoms with Gasteiger partial charge in [-0.3, -0.25) is 4.98 Å². The fourth-order valence-corrected chi connectivity index (χ4v) is 2.06. The zero-order chi connectivity index (χ0) is 12.5. The number of aromatic nitrogens is 4. The second-order valence-electron chi connectivity index (χ2n) is 4.13. The van der Waals surface area contributed by atoms with Crippen LogP contribution in [0.4, 0.5) is 0 Å². The van der Waals surface area contributed by atoms with Crippen molar-refractivity contribution in [1.29, 1.82) is 0 Å². The molecule has 1 N–H and O–H groups in total. The van der Waals surface area contributed by atoms with Crippen LogP contribution in [0.2, 0.25) is 0 Å². The monoisotopic (exact) mass is 240 g/mol. The summed E-state index contributed by atoms with van der Waals surface area (Å²) in [5.74, 6) is 0. The number of benzene rings is 1. The third kappa shape index (κ3) is 1.65. The van der Waals surface area contributed by atoms with E-state index in [4.69, 9.17) is 0 Å². The fourth-order valence-electron chi connectivity index (χ4n) is 2.06. The van der Waals surface area contributed by atoms with E-state index < -0.39 is 6.10 Å². The van der Waals surface area contributed by atoms with Crippen LogP contribution in [0.1, 0.15) is 17.4 Å². The lowest BCUT2D eigenvalue weighted by atomic mass is 10.0. The van der Waals surface area contributed by atoms with Crippen LogP contribution >= 0.6 is 0 Å². The summed E-state index contributed by atoms with van der Waals surface area (Å²) in [7, 11) is 1.75. The van der Waals surface area contributed by atoms with Crippen molar-refractivity contribution in [2.45, 2.75) is 6.10 Å². The SMILES string of the molecule is Cn1nncc1C(O)c1cncc2ccccc12. The quantitative estimate of drug-likeness (QED) is 0.736. The van der Waals surface area contributed by atoms with Crippen LogP contribution < -0.4 is 0 Å². The number of aliphatic hydroxyl groups excluding tert-OH is 1. The summed E-state index contributed by atoms with van der Waals surface area (Å²) in [6, 6.07) is 7.84. The van der Waals surface area contributed by atoms with E-state index in [1.54, 1.807) is 30.3 Å². The number of fused-ring (bicyclic) bond motifs is 1. The molecule has 0 amide bonds. The normalized spacial score (nSPS) is 12.8. The maximum absolute atomic E-state index is 10.4. The predicted octanol–water partition coefficient (Wildman–Crippen LogP) is 1.44. The van der Waals surface area contributed by atoms with Gasteiger partial charge in [-0.1, -0.05) is 29.5 Å². The number of rotatable bonds is 2. The lowest BCUT2D eigenvalue weighted by Crippen LogP contribution is -2.07. The second kappa shape index (κ2) is 4.19. The van der Waals surface area contributed by atoms with Crippen molar-refractivity contribution in [1.82, 2.24) is 20.0 Å². The topological polar surface area (TPSA) is 63.8 Å². The number of hydrogen-bond donors (Lipinski definition) is 1. The number of aryl methyl sites for hydroxylation is 1. The number of pyridine rings is 1. The fraction of sp³-hybridized carbons (Fsp3) is 0.154. The predicted molar refractivity (Wildman–Crippen MR) is 66.8 cm³/mol. The van der Waals surface area contributed by atoms with E-state index >= 15 is 0 Å². The van der Waals surface area contributed by atoms with E-state index in [-0.39, 0.29) is 0 Å². The van der Waals surface area contributed by atoms with Gasteiger partial charge < -0.3 is 5.11 Å². The lowest BCUT2D eigenvalue weighted by molar-refractivity contribution is 0.211. The van der Waals surface area contributed by atoms with Gasteiger partial charge in [-0.05, 0) is 5.39 Å². The molecule has 3 rings (SSSR count). The van der Waals surface area contributed by atoms with Crippen LogP contribution in [0.5, 0.6) is 0 Å². The van der Waals surface area contributed by atoms with Crippen molar-refractivity contribution in [3.8, 4) is 0 Å². The highest BCUT2D eigenvalue weighted by atomic mass is 16.3. The van der Waals surface area contributed by atoms with Crippen LogP contribution in [-0.4, -0.2) is 25.1 Å². The molecule has 0 saturated heterocycles. The highest BCUT2D eigenvalue weighted by Crippen LogP contribution is 2.26. The summed E-state index contributed by atoms with van der Waals surface area (Å²) < 4.78 is 1.56. The summed E-state index contributed by atoms with van der Waals surface area (Å²) in [4.78, 5) is 4.16. The Bertz CT molecular complexity index is 687. The molecular formula is C13H12N4O. The number of aliphatic hydroxyl groups is 1. The summed E-state index contributed by atoms with van der Waals surface area (Å²) in [5, 5.41) is 20.0. The molecule has 3 aromatic rings. The van der Waals surface area contributed by atoms with E-state index in [1.165, 1.54) is 0 Å². The molecule has 0 saturated carbocycles. The maximum Gasteiger partial charge on any atom is 0.124 e. The van der Waals surface area contributed by atoms with E-state index in [2.05, 4.69) is 15.3 Å². The minimum atomic E-state index is -0.774. The lowest BCUT2D eigenvalue weighted by Gasteiger charge is -2.12. The molecule has 0 bridgehead atoms. The third-order valence-corrected chi connectivity index (χ3v) is 3.02.